The van der Waals surface area contributed by atoms with Gasteiger partial charge in [-0.1, -0.05) is 48.0 Å². The molecule has 0 aliphatic rings. The second kappa shape index (κ2) is 14.7. The summed E-state index contributed by atoms with van der Waals surface area (Å²) < 4.78 is 10.6. The van der Waals surface area contributed by atoms with E-state index in [1.807, 2.05) is 56.3 Å². The summed E-state index contributed by atoms with van der Waals surface area (Å²) in [6, 6.07) is 28.7. The zero-order chi connectivity index (χ0) is 30.8. The first-order chi connectivity index (χ1) is 20.7. The van der Waals surface area contributed by atoms with Crippen molar-refractivity contribution in [2.75, 3.05) is 24.9 Å². The molecule has 0 saturated carbocycles. The quantitative estimate of drug-likeness (QED) is 0.134. The van der Waals surface area contributed by atoms with Gasteiger partial charge in [-0.25, -0.2) is 0 Å². The van der Waals surface area contributed by atoms with Crippen LogP contribution in [0.5, 0.6) is 11.5 Å². The van der Waals surface area contributed by atoms with Crippen LogP contribution in [0, 0.1) is 6.92 Å². The number of anilines is 2. The fraction of sp³-hybridized carbons (Fsp3) is 0.147. The molecule has 0 bridgehead atoms. The van der Waals surface area contributed by atoms with Crippen molar-refractivity contribution < 1.29 is 23.9 Å². The Morgan fingerprint density at radius 3 is 2.23 bits per heavy atom. The predicted octanol–water partition coefficient (Wildman–Crippen LogP) is 6.54. The Balaban J connectivity index is 1.42. The zero-order valence-electron chi connectivity index (χ0n) is 24.3. The SMILES string of the molecule is COc1ccc(NC(=O)C(C)Sc2ccc(NC(=O)/C(=C/c3cccc(C)c3)NC(=O)c3ccccc3)cc2)c(OC)c1. The summed E-state index contributed by atoms with van der Waals surface area (Å²) in [5.41, 5.74) is 3.45. The predicted molar refractivity (Wildman–Crippen MR) is 172 cm³/mol. The summed E-state index contributed by atoms with van der Waals surface area (Å²) in [6.07, 6.45) is 1.64. The van der Waals surface area contributed by atoms with Crippen LogP contribution in [0.15, 0.2) is 108 Å². The van der Waals surface area contributed by atoms with Crippen LogP contribution in [0.2, 0.25) is 0 Å². The largest absolute Gasteiger partial charge is 0.497 e. The molecule has 0 heterocycles. The van der Waals surface area contributed by atoms with E-state index in [4.69, 9.17) is 9.47 Å². The normalized spacial score (nSPS) is 11.7. The number of hydrogen-bond donors (Lipinski definition) is 3. The van der Waals surface area contributed by atoms with E-state index in [0.717, 1.165) is 16.0 Å². The molecular weight excluding hydrogens is 562 g/mol. The van der Waals surface area contributed by atoms with Crippen LogP contribution in [-0.4, -0.2) is 37.2 Å². The van der Waals surface area contributed by atoms with Crippen molar-refractivity contribution in [1.82, 2.24) is 5.32 Å². The maximum absolute atomic E-state index is 13.3. The molecule has 1 unspecified atom stereocenters. The van der Waals surface area contributed by atoms with Gasteiger partial charge in [0.1, 0.15) is 17.2 Å². The van der Waals surface area contributed by atoms with Crippen LogP contribution in [0.25, 0.3) is 6.08 Å². The third-order valence-corrected chi connectivity index (χ3v) is 7.45. The number of ether oxygens (including phenoxy) is 2. The van der Waals surface area contributed by atoms with E-state index in [0.29, 0.717) is 28.4 Å². The number of nitrogens with one attached hydrogen (secondary N) is 3. The molecule has 4 aromatic rings. The lowest BCUT2D eigenvalue weighted by molar-refractivity contribution is -0.115. The maximum Gasteiger partial charge on any atom is 0.272 e. The van der Waals surface area contributed by atoms with Crippen LogP contribution < -0.4 is 25.4 Å². The Bertz CT molecular complexity index is 1620. The van der Waals surface area contributed by atoms with Crippen LogP contribution in [0.4, 0.5) is 11.4 Å². The molecule has 43 heavy (non-hydrogen) atoms. The molecule has 0 aromatic heterocycles. The van der Waals surface area contributed by atoms with Crippen molar-refractivity contribution in [3.8, 4) is 11.5 Å². The van der Waals surface area contributed by atoms with Crippen LogP contribution in [0.1, 0.15) is 28.4 Å². The molecule has 0 aliphatic carbocycles. The summed E-state index contributed by atoms with van der Waals surface area (Å²) >= 11 is 1.38. The van der Waals surface area contributed by atoms with E-state index in [1.165, 1.54) is 18.9 Å². The standard InChI is InChI=1S/C34H33N3O5S/c1-22-9-8-10-24(19-22)20-30(37-33(39)25-11-6-5-7-12-25)34(40)35-26-13-16-28(17-14-26)43-23(2)32(38)36-29-18-15-27(41-3)21-31(29)42-4/h5-21,23H,1-4H3,(H,35,40)(H,36,38)(H,37,39)/b30-20-. The fourth-order valence-electron chi connectivity index (χ4n) is 4.08. The highest BCUT2D eigenvalue weighted by Crippen LogP contribution is 2.31. The topological polar surface area (TPSA) is 106 Å². The Kier molecular flexibility index (Phi) is 10.6. The van der Waals surface area contributed by atoms with Crippen LogP contribution in [0.3, 0.4) is 0 Å². The number of thioether (sulfide) groups is 1. The fourth-order valence-corrected chi connectivity index (χ4v) is 4.95. The molecule has 9 heteroatoms. The highest BCUT2D eigenvalue weighted by Gasteiger charge is 2.18. The van der Waals surface area contributed by atoms with Gasteiger partial charge in [-0.15, -0.1) is 11.8 Å². The van der Waals surface area contributed by atoms with Crippen molar-refractivity contribution in [3.63, 3.8) is 0 Å². The van der Waals surface area contributed by atoms with E-state index in [-0.39, 0.29) is 17.5 Å². The zero-order valence-corrected chi connectivity index (χ0v) is 25.2. The number of rotatable bonds is 11. The molecule has 0 spiro atoms. The van der Waals surface area contributed by atoms with Crippen molar-refractivity contribution in [1.29, 1.82) is 0 Å². The Morgan fingerprint density at radius 2 is 1.56 bits per heavy atom. The average Bonchev–Trinajstić information content (AvgIpc) is 3.02. The third-order valence-electron chi connectivity index (χ3n) is 6.34. The van der Waals surface area contributed by atoms with Crippen molar-refractivity contribution >= 4 is 46.9 Å². The van der Waals surface area contributed by atoms with Gasteiger partial charge in [-0.2, -0.15) is 0 Å². The lowest BCUT2D eigenvalue weighted by atomic mass is 10.1. The van der Waals surface area contributed by atoms with Crippen molar-refractivity contribution in [2.45, 2.75) is 24.0 Å². The average molecular weight is 596 g/mol. The monoisotopic (exact) mass is 595 g/mol. The second-order valence-corrected chi connectivity index (χ2v) is 11.0. The highest BCUT2D eigenvalue weighted by molar-refractivity contribution is 8.00. The minimum Gasteiger partial charge on any atom is -0.497 e. The minimum absolute atomic E-state index is 0.108. The molecular formula is C34H33N3O5S. The van der Waals surface area contributed by atoms with E-state index < -0.39 is 11.2 Å². The van der Waals surface area contributed by atoms with Gasteiger partial charge in [0, 0.05) is 22.2 Å². The smallest absolute Gasteiger partial charge is 0.272 e. The summed E-state index contributed by atoms with van der Waals surface area (Å²) in [7, 11) is 3.09. The number of carbonyl (C=O) groups excluding carboxylic acids is 3. The highest BCUT2D eigenvalue weighted by atomic mass is 32.2. The Hall–Kier alpha value is -5.02. The van der Waals surface area contributed by atoms with Crippen molar-refractivity contribution in [3.05, 3.63) is 119 Å². The molecule has 4 aromatic carbocycles. The first-order valence-electron chi connectivity index (χ1n) is 13.5. The number of amides is 3. The van der Waals surface area contributed by atoms with Gasteiger partial charge in [0.25, 0.3) is 11.8 Å². The second-order valence-electron chi connectivity index (χ2n) is 9.59. The molecule has 0 radical (unpaired) electrons. The molecule has 4 rings (SSSR count). The molecule has 0 fully saturated rings. The molecule has 8 nitrogen and oxygen atoms in total. The molecule has 220 valence electrons. The van der Waals surface area contributed by atoms with Gasteiger partial charge >= 0.3 is 0 Å². The van der Waals surface area contributed by atoms with Gasteiger partial charge in [0.15, 0.2) is 0 Å². The Morgan fingerprint density at radius 1 is 0.814 bits per heavy atom. The molecule has 0 aliphatic heterocycles. The summed E-state index contributed by atoms with van der Waals surface area (Å²) in [5.74, 6) is 0.0841. The lowest BCUT2D eigenvalue weighted by Gasteiger charge is -2.15. The van der Waals surface area contributed by atoms with Gasteiger partial charge in [-0.3, -0.25) is 14.4 Å². The molecule has 0 saturated heterocycles. The minimum atomic E-state index is -0.465. The van der Waals surface area contributed by atoms with Crippen LogP contribution >= 0.6 is 11.8 Å². The lowest BCUT2D eigenvalue weighted by Crippen LogP contribution is -2.30. The van der Waals surface area contributed by atoms with E-state index in [2.05, 4.69) is 16.0 Å². The first kappa shape index (κ1) is 30.9. The summed E-state index contributed by atoms with van der Waals surface area (Å²) in [6.45, 7) is 3.77. The van der Waals surface area contributed by atoms with E-state index in [1.54, 1.807) is 67.8 Å². The third kappa shape index (κ3) is 8.73. The number of benzene rings is 4. The summed E-state index contributed by atoms with van der Waals surface area (Å²) in [5, 5.41) is 8.09. The van der Waals surface area contributed by atoms with Crippen molar-refractivity contribution in [2.24, 2.45) is 0 Å². The number of carbonyl (C=O) groups is 3. The molecule has 3 amide bonds. The van der Waals surface area contributed by atoms with Gasteiger partial charge in [0.05, 0.1) is 25.2 Å². The first-order valence-corrected chi connectivity index (χ1v) is 14.4. The summed E-state index contributed by atoms with van der Waals surface area (Å²) in [4.78, 5) is 39.9. The Labute approximate surface area is 255 Å². The molecule has 3 N–H and O–H groups in total. The molecule has 1 atom stereocenters. The number of methoxy groups -OCH3 is 2. The number of hydrogen-bond acceptors (Lipinski definition) is 6. The van der Waals surface area contributed by atoms with E-state index >= 15 is 0 Å². The van der Waals surface area contributed by atoms with Gasteiger partial charge < -0.3 is 25.4 Å². The maximum atomic E-state index is 13.3. The number of aryl methyl sites for hydroxylation is 1. The van der Waals surface area contributed by atoms with Crippen LogP contribution in [-0.2, 0) is 9.59 Å². The van der Waals surface area contributed by atoms with Gasteiger partial charge in [0.2, 0.25) is 5.91 Å². The van der Waals surface area contributed by atoms with Gasteiger partial charge in [-0.05, 0) is 74.0 Å². The van der Waals surface area contributed by atoms with E-state index in [9.17, 15) is 14.4 Å².